The Morgan fingerprint density at radius 3 is 2.65 bits per heavy atom. The fourth-order valence-corrected chi connectivity index (χ4v) is 3.90. The first-order valence-corrected chi connectivity index (χ1v) is 9.97. The van der Waals surface area contributed by atoms with Gasteiger partial charge in [-0.3, -0.25) is 14.5 Å². The van der Waals surface area contributed by atoms with Crippen LogP contribution in [0.2, 0.25) is 0 Å². The molecule has 2 aromatic rings. The first-order chi connectivity index (χ1) is 15.0. The molecule has 0 spiro atoms. The Balaban J connectivity index is 1.70. The van der Waals surface area contributed by atoms with Gasteiger partial charge in [-0.25, -0.2) is 4.39 Å². The second-order valence-corrected chi connectivity index (χ2v) is 7.31. The largest absolute Gasteiger partial charge is 0.507 e. The Morgan fingerprint density at radius 1 is 1.23 bits per heavy atom. The molecule has 4 rings (SSSR count). The first kappa shape index (κ1) is 21.1. The van der Waals surface area contributed by atoms with Crippen LogP contribution in [0, 0.1) is 5.82 Å². The number of morpholine rings is 1. The topological polar surface area (TPSA) is 92.5 Å². The quantitative estimate of drug-likeness (QED) is 0.427. The second-order valence-electron chi connectivity index (χ2n) is 7.31. The van der Waals surface area contributed by atoms with Gasteiger partial charge in [-0.2, -0.15) is 0 Å². The van der Waals surface area contributed by atoms with E-state index in [0.29, 0.717) is 25.5 Å². The molecule has 1 atom stereocenters. The van der Waals surface area contributed by atoms with Gasteiger partial charge in [-0.05, 0) is 30.3 Å². The Morgan fingerprint density at radius 2 is 2.00 bits per heavy atom. The zero-order valence-corrected chi connectivity index (χ0v) is 17.0. The van der Waals surface area contributed by atoms with Crippen molar-refractivity contribution in [3.63, 3.8) is 0 Å². The van der Waals surface area contributed by atoms with E-state index < -0.39 is 29.3 Å². The summed E-state index contributed by atoms with van der Waals surface area (Å²) in [6, 6.07) is 6.22. The predicted molar refractivity (Wildman–Crippen MR) is 108 cm³/mol. The maximum absolute atomic E-state index is 14.2. The number of ether oxygens (including phenoxy) is 2. The highest BCUT2D eigenvalue weighted by molar-refractivity contribution is 6.46. The lowest BCUT2D eigenvalue weighted by molar-refractivity contribution is -0.140. The number of nitrogens with zero attached hydrogens (tertiary/aromatic N) is 2. The molecule has 0 radical (unpaired) electrons. The highest BCUT2D eigenvalue weighted by atomic mass is 19.1. The number of aliphatic hydroxyl groups excluding tert-OH is 1. The maximum Gasteiger partial charge on any atom is 0.295 e. The number of halogens is 1. The predicted octanol–water partition coefficient (Wildman–Crippen LogP) is 2.18. The van der Waals surface area contributed by atoms with Gasteiger partial charge in [0.05, 0.1) is 32.2 Å². The van der Waals surface area contributed by atoms with Gasteiger partial charge in [0, 0.05) is 31.7 Å². The number of methoxy groups -OCH3 is 1. The second kappa shape index (κ2) is 8.91. The van der Waals surface area contributed by atoms with Gasteiger partial charge in [-0.15, -0.1) is 0 Å². The van der Waals surface area contributed by atoms with Crippen LogP contribution < -0.4 is 4.74 Å². The number of rotatable bonds is 6. The van der Waals surface area contributed by atoms with Gasteiger partial charge in [0.1, 0.15) is 17.6 Å². The van der Waals surface area contributed by atoms with Crippen molar-refractivity contribution in [1.29, 1.82) is 0 Å². The summed E-state index contributed by atoms with van der Waals surface area (Å²) in [5.74, 6) is -2.37. The van der Waals surface area contributed by atoms with Crippen LogP contribution in [0.4, 0.5) is 4.39 Å². The van der Waals surface area contributed by atoms with Crippen molar-refractivity contribution >= 4 is 17.4 Å². The smallest absolute Gasteiger partial charge is 0.295 e. The molecule has 9 heteroatoms. The van der Waals surface area contributed by atoms with Crippen molar-refractivity contribution in [2.75, 3.05) is 46.5 Å². The average Bonchev–Trinajstić information content (AvgIpc) is 3.40. The van der Waals surface area contributed by atoms with Gasteiger partial charge in [0.25, 0.3) is 11.7 Å². The molecule has 3 heterocycles. The molecule has 2 aliphatic heterocycles. The van der Waals surface area contributed by atoms with Crippen LogP contribution in [0.15, 0.2) is 46.6 Å². The lowest BCUT2D eigenvalue weighted by Crippen LogP contribution is -2.42. The third kappa shape index (κ3) is 4.06. The molecule has 1 aromatic carbocycles. The summed E-state index contributed by atoms with van der Waals surface area (Å²) in [4.78, 5) is 29.3. The van der Waals surface area contributed by atoms with Gasteiger partial charge in [-0.1, -0.05) is 0 Å². The van der Waals surface area contributed by atoms with Crippen molar-refractivity contribution in [1.82, 2.24) is 9.80 Å². The van der Waals surface area contributed by atoms with Crippen molar-refractivity contribution in [3.8, 4) is 5.75 Å². The van der Waals surface area contributed by atoms with Gasteiger partial charge in [0.2, 0.25) is 0 Å². The van der Waals surface area contributed by atoms with Crippen LogP contribution >= 0.6 is 0 Å². The van der Waals surface area contributed by atoms with Gasteiger partial charge >= 0.3 is 0 Å². The summed E-state index contributed by atoms with van der Waals surface area (Å²) >= 11 is 0. The molecule has 164 valence electrons. The third-order valence-electron chi connectivity index (χ3n) is 5.54. The van der Waals surface area contributed by atoms with E-state index in [9.17, 15) is 19.1 Å². The summed E-state index contributed by atoms with van der Waals surface area (Å²) in [5.41, 5.74) is -0.0625. The summed E-state index contributed by atoms with van der Waals surface area (Å²) in [7, 11) is 1.33. The average molecular weight is 430 g/mol. The fraction of sp³-hybridized carbons (Fsp3) is 0.364. The van der Waals surface area contributed by atoms with Crippen molar-refractivity contribution in [2.45, 2.75) is 6.04 Å². The zero-order chi connectivity index (χ0) is 22.0. The zero-order valence-electron chi connectivity index (χ0n) is 17.0. The molecule has 0 saturated carbocycles. The molecule has 1 amide bonds. The van der Waals surface area contributed by atoms with Crippen LogP contribution in [-0.4, -0.2) is 73.1 Å². The van der Waals surface area contributed by atoms with E-state index in [4.69, 9.17) is 13.9 Å². The standard InChI is InChI=1S/C22H23FN2O6/c1-29-16-5-4-14(13-15(16)23)20(26)18-19(17-3-2-10-31-17)25(22(28)21(18)27)7-6-24-8-11-30-12-9-24/h2-5,10,13,19,26H,6-9,11-12H2,1H3/t19-/m0/s1. The van der Waals surface area contributed by atoms with Crippen LogP contribution in [0.25, 0.3) is 5.76 Å². The summed E-state index contributed by atoms with van der Waals surface area (Å²) in [6.45, 7) is 3.52. The van der Waals surface area contributed by atoms with E-state index in [0.717, 1.165) is 19.2 Å². The van der Waals surface area contributed by atoms with Gasteiger partial charge in [0.15, 0.2) is 11.6 Å². The van der Waals surface area contributed by atoms with Crippen molar-refractivity contribution in [3.05, 3.63) is 59.3 Å². The summed E-state index contributed by atoms with van der Waals surface area (Å²) in [5, 5.41) is 10.9. The number of hydrogen-bond donors (Lipinski definition) is 1. The molecule has 8 nitrogen and oxygen atoms in total. The number of ketones is 1. The Hall–Kier alpha value is -3.17. The summed E-state index contributed by atoms with van der Waals surface area (Å²) < 4.78 is 29.9. The number of likely N-dealkylation sites (tertiary alicyclic amines) is 1. The lowest BCUT2D eigenvalue weighted by atomic mass is 9.99. The number of hydrogen-bond acceptors (Lipinski definition) is 7. The van der Waals surface area contributed by atoms with Crippen LogP contribution in [-0.2, 0) is 14.3 Å². The van der Waals surface area contributed by atoms with Crippen molar-refractivity contribution < 1.29 is 33.0 Å². The molecule has 31 heavy (non-hydrogen) atoms. The van der Waals surface area contributed by atoms with Crippen LogP contribution in [0.5, 0.6) is 5.75 Å². The monoisotopic (exact) mass is 430 g/mol. The number of furan rings is 1. The van der Waals surface area contributed by atoms with E-state index in [1.54, 1.807) is 12.1 Å². The SMILES string of the molecule is COc1ccc(C(O)=C2C(=O)C(=O)N(CCN3CCOCC3)[C@H]2c2ccco2)cc1F. The minimum absolute atomic E-state index is 0.00472. The Labute approximate surface area is 178 Å². The van der Waals surface area contributed by atoms with E-state index >= 15 is 0 Å². The molecule has 2 saturated heterocycles. The van der Waals surface area contributed by atoms with Crippen LogP contribution in [0.3, 0.4) is 0 Å². The lowest BCUT2D eigenvalue weighted by Gasteiger charge is -2.30. The third-order valence-corrected chi connectivity index (χ3v) is 5.54. The van der Waals surface area contributed by atoms with Gasteiger partial charge < -0.3 is 23.9 Å². The highest BCUT2D eigenvalue weighted by Gasteiger charge is 2.47. The minimum Gasteiger partial charge on any atom is -0.507 e. The molecule has 1 aromatic heterocycles. The van der Waals surface area contributed by atoms with E-state index in [2.05, 4.69) is 4.90 Å². The normalized spacial score (nSPS) is 21.6. The number of aliphatic hydroxyl groups is 1. The number of Topliss-reactive ketones (excluding diaryl/α,β-unsaturated/α-hetero) is 1. The number of benzene rings is 1. The maximum atomic E-state index is 14.2. The van der Waals surface area contributed by atoms with Crippen LogP contribution in [0.1, 0.15) is 17.4 Å². The van der Waals surface area contributed by atoms with E-state index in [-0.39, 0.29) is 23.4 Å². The molecule has 0 unspecified atom stereocenters. The van der Waals surface area contributed by atoms with Crippen molar-refractivity contribution in [2.24, 2.45) is 0 Å². The number of amides is 1. The fourth-order valence-electron chi connectivity index (χ4n) is 3.90. The summed E-state index contributed by atoms with van der Waals surface area (Å²) in [6.07, 6.45) is 1.43. The molecular weight excluding hydrogens is 407 g/mol. The molecule has 1 N–H and O–H groups in total. The molecular formula is C22H23FN2O6. The first-order valence-electron chi connectivity index (χ1n) is 9.97. The molecule has 2 fully saturated rings. The molecule has 0 aliphatic carbocycles. The van der Waals surface area contributed by atoms with E-state index in [1.165, 1.54) is 30.4 Å². The molecule has 2 aliphatic rings. The molecule has 0 bridgehead atoms. The number of carbonyl (C=O) groups excluding carboxylic acids is 2. The highest BCUT2D eigenvalue weighted by Crippen LogP contribution is 2.39. The number of carbonyl (C=O) groups is 2. The minimum atomic E-state index is -0.902. The Bertz CT molecular complexity index is 997. The van der Waals surface area contributed by atoms with E-state index in [1.807, 2.05) is 0 Å². The Kier molecular flexibility index (Phi) is 6.06.